The number of ether oxygens (including phenoxy) is 4. The molecule has 0 aliphatic rings. The van der Waals surface area contributed by atoms with Crippen molar-refractivity contribution < 1.29 is 18.9 Å². The number of aromatic nitrogens is 4. The average Bonchev–Trinajstić information content (AvgIpc) is 2.53. The highest BCUT2D eigenvalue weighted by Crippen LogP contribution is 2.30. The van der Waals surface area contributed by atoms with Gasteiger partial charge in [0.1, 0.15) is 10.1 Å². The first-order chi connectivity index (χ1) is 10.2. The van der Waals surface area contributed by atoms with Crippen LogP contribution in [0, 0.1) is 0 Å². The van der Waals surface area contributed by atoms with Crippen molar-refractivity contribution in [1.29, 1.82) is 0 Å². The summed E-state index contributed by atoms with van der Waals surface area (Å²) >= 11 is 1.28. The molecular weight excluding hydrogens is 296 g/mol. The third-order valence-corrected chi connectivity index (χ3v) is 3.15. The summed E-state index contributed by atoms with van der Waals surface area (Å²) in [7, 11) is 6.01. The summed E-state index contributed by atoms with van der Waals surface area (Å²) in [4.78, 5) is 16.5. The second kappa shape index (κ2) is 6.93. The van der Waals surface area contributed by atoms with Gasteiger partial charge in [0, 0.05) is 12.1 Å². The van der Waals surface area contributed by atoms with E-state index in [1.54, 1.807) is 12.1 Å². The van der Waals surface area contributed by atoms with Crippen molar-refractivity contribution in [2.45, 2.75) is 10.1 Å². The fraction of sp³-hybridized carbons (Fsp3) is 0.333. The Hall–Kier alpha value is -2.29. The molecule has 0 unspecified atom stereocenters. The quantitative estimate of drug-likeness (QED) is 0.735. The van der Waals surface area contributed by atoms with E-state index in [4.69, 9.17) is 18.9 Å². The van der Waals surface area contributed by atoms with E-state index >= 15 is 0 Å². The Morgan fingerprint density at radius 2 is 1.10 bits per heavy atom. The molecule has 112 valence electrons. The topological polar surface area (TPSA) is 88.5 Å². The SMILES string of the molecule is COc1cc(Sc2cc(OC)nc(OC)n2)nc(OC)n1. The highest BCUT2D eigenvalue weighted by atomic mass is 32.2. The summed E-state index contributed by atoms with van der Waals surface area (Å²) < 4.78 is 20.3. The van der Waals surface area contributed by atoms with Gasteiger partial charge < -0.3 is 18.9 Å². The third-order valence-electron chi connectivity index (χ3n) is 2.31. The summed E-state index contributed by atoms with van der Waals surface area (Å²) in [6, 6.07) is 3.78. The van der Waals surface area contributed by atoms with E-state index in [1.807, 2.05) is 0 Å². The number of hydrogen-bond donors (Lipinski definition) is 0. The van der Waals surface area contributed by atoms with Crippen LogP contribution in [0.2, 0.25) is 0 Å². The standard InChI is InChI=1S/C12H14N4O4S/c1-17-7-5-9(15-11(13-7)19-3)21-10-6-8(18-2)14-12(16-10)20-4/h5-6H,1-4H3. The summed E-state index contributed by atoms with van der Waals surface area (Å²) in [5, 5.41) is 1.23. The van der Waals surface area contributed by atoms with E-state index in [0.29, 0.717) is 21.8 Å². The molecule has 0 amide bonds. The van der Waals surface area contributed by atoms with E-state index in [2.05, 4.69) is 19.9 Å². The van der Waals surface area contributed by atoms with Crippen LogP contribution in [0.4, 0.5) is 0 Å². The van der Waals surface area contributed by atoms with Gasteiger partial charge in [0.25, 0.3) is 0 Å². The van der Waals surface area contributed by atoms with Gasteiger partial charge in [-0.15, -0.1) is 0 Å². The lowest BCUT2D eigenvalue weighted by molar-refractivity contribution is 0.346. The highest BCUT2D eigenvalue weighted by Gasteiger charge is 2.11. The first-order valence-corrected chi connectivity index (χ1v) is 6.62. The molecule has 0 aromatic carbocycles. The molecule has 0 radical (unpaired) electrons. The van der Waals surface area contributed by atoms with Crippen molar-refractivity contribution in [2.75, 3.05) is 28.4 Å². The molecule has 0 saturated carbocycles. The van der Waals surface area contributed by atoms with Gasteiger partial charge in [0.2, 0.25) is 11.8 Å². The van der Waals surface area contributed by atoms with Gasteiger partial charge >= 0.3 is 12.0 Å². The Balaban J connectivity index is 2.32. The van der Waals surface area contributed by atoms with Crippen LogP contribution in [0.1, 0.15) is 0 Å². The number of methoxy groups -OCH3 is 4. The zero-order chi connectivity index (χ0) is 15.2. The van der Waals surface area contributed by atoms with E-state index < -0.39 is 0 Å². The fourth-order valence-electron chi connectivity index (χ4n) is 1.37. The van der Waals surface area contributed by atoms with E-state index in [-0.39, 0.29) is 12.0 Å². The lowest BCUT2D eigenvalue weighted by Gasteiger charge is -2.07. The molecule has 21 heavy (non-hydrogen) atoms. The molecular formula is C12H14N4O4S. The largest absolute Gasteiger partial charge is 0.481 e. The van der Waals surface area contributed by atoms with Crippen molar-refractivity contribution in [3.05, 3.63) is 12.1 Å². The van der Waals surface area contributed by atoms with Crippen LogP contribution in [0.15, 0.2) is 22.2 Å². The first-order valence-electron chi connectivity index (χ1n) is 5.80. The molecule has 0 bridgehead atoms. The molecule has 0 aliphatic carbocycles. The van der Waals surface area contributed by atoms with Gasteiger partial charge in [-0.25, -0.2) is 0 Å². The van der Waals surface area contributed by atoms with Crippen molar-refractivity contribution >= 4 is 11.8 Å². The molecule has 2 heterocycles. The highest BCUT2D eigenvalue weighted by molar-refractivity contribution is 7.99. The normalized spacial score (nSPS) is 10.1. The van der Waals surface area contributed by atoms with E-state index in [0.717, 1.165) is 0 Å². The second-order valence-corrected chi connectivity index (χ2v) is 4.61. The van der Waals surface area contributed by atoms with Gasteiger partial charge in [0.15, 0.2) is 0 Å². The summed E-state index contributed by atoms with van der Waals surface area (Å²) in [5.74, 6) is 0.801. The second-order valence-electron chi connectivity index (χ2n) is 3.57. The van der Waals surface area contributed by atoms with E-state index in [9.17, 15) is 0 Å². The molecule has 0 saturated heterocycles. The molecule has 2 aromatic heterocycles. The zero-order valence-corrected chi connectivity index (χ0v) is 12.8. The van der Waals surface area contributed by atoms with Gasteiger partial charge in [-0.3, -0.25) is 0 Å². The maximum Gasteiger partial charge on any atom is 0.320 e. The van der Waals surface area contributed by atoms with Crippen LogP contribution in [-0.4, -0.2) is 48.4 Å². The summed E-state index contributed by atoms with van der Waals surface area (Å²) in [5.41, 5.74) is 0. The summed E-state index contributed by atoms with van der Waals surface area (Å²) in [6.07, 6.45) is 0. The number of rotatable bonds is 6. The molecule has 0 atom stereocenters. The van der Waals surface area contributed by atoms with Crippen LogP contribution in [-0.2, 0) is 0 Å². The maximum absolute atomic E-state index is 5.10. The Morgan fingerprint density at radius 1 is 0.667 bits per heavy atom. The molecule has 9 heteroatoms. The van der Waals surface area contributed by atoms with Crippen LogP contribution >= 0.6 is 11.8 Å². The van der Waals surface area contributed by atoms with Crippen molar-refractivity contribution in [3.8, 4) is 23.8 Å². The van der Waals surface area contributed by atoms with Crippen LogP contribution in [0.3, 0.4) is 0 Å². The van der Waals surface area contributed by atoms with Crippen molar-refractivity contribution in [1.82, 2.24) is 19.9 Å². The lowest BCUT2D eigenvalue weighted by atomic mass is 10.6. The minimum atomic E-state index is 0.213. The van der Waals surface area contributed by atoms with Gasteiger partial charge in [0.05, 0.1) is 28.4 Å². The molecule has 0 fully saturated rings. The maximum atomic E-state index is 5.10. The monoisotopic (exact) mass is 310 g/mol. The van der Waals surface area contributed by atoms with Crippen molar-refractivity contribution in [2.24, 2.45) is 0 Å². The Kier molecular flexibility index (Phi) is 4.99. The predicted molar refractivity (Wildman–Crippen MR) is 74.4 cm³/mol. The van der Waals surface area contributed by atoms with Crippen LogP contribution < -0.4 is 18.9 Å². The lowest BCUT2D eigenvalue weighted by Crippen LogP contribution is -1.98. The van der Waals surface area contributed by atoms with Crippen LogP contribution in [0.25, 0.3) is 0 Å². The Morgan fingerprint density at radius 3 is 1.43 bits per heavy atom. The Bertz CT molecular complexity index is 528. The zero-order valence-electron chi connectivity index (χ0n) is 12.0. The average molecular weight is 310 g/mol. The minimum Gasteiger partial charge on any atom is -0.481 e. The fourth-order valence-corrected chi connectivity index (χ4v) is 2.15. The predicted octanol–water partition coefficient (Wildman–Crippen LogP) is 1.45. The van der Waals surface area contributed by atoms with Gasteiger partial charge in [-0.1, -0.05) is 0 Å². The van der Waals surface area contributed by atoms with Crippen molar-refractivity contribution in [3.63, 3.8) is 0 Å². The molecule has 2 aromatic rings. The molecule has 8 nitrogen and oxygen atoms in total. The summed E-state index contributed by atoms with van der Waals surface area (Å²) in [6.45, 7) is 0. The van der Waals surface area contributed by atoms with Crippen LogP contribution in [0.5, 0.6) is 23.8 Å². The third kappa shape index (κ3) is 3.85. The molecule has 0 aliphatic heterocycles. The smallest absolute Gasteiger partial charge is 0.320 e. The van der Waals surface area contributed by atoms with Gasteiger partial charge in [-0.2, -0.15) is 19.9 Å². The Labute approximate surface area is 125 Å². The van der Waals surface area contributed by atoms with Gasteiger partial charge in [-0.05, 0) is 11.8 Å². The number of hydrogen-bond acceptors (Lipinski definition) is 9. The number of nitrogens with zero attached hydrogens (tertiary/aromatic N) is 4. The molecule has 0 N–H and O–H groups in total. The first kappa shape index (κ1) is 15.1. The molecule has 0 spiro atoms. The minimum absolute atomic E-state index is 0.213. The van der Waals surface area contributed by atoms with E-state index in [1.165, 1.54) is 40.2 Å². The molecule has 2 rings (SSSR count).